The first kappa shape index (κ1) is 14.0. The number of amides is 1. The van der Waals surface area contributed by atoms with Gasteiger partial charge in [-0.15, -0.1) is 0 Å². The van der Waals surface area contributed by atoms with Crippen LogP contribution in [0.2, 0.25) is 0 Å². The van der Waals surface area contributed by atoms with Gasteiger partial charge in [0, 0.05) is 37.3 Å². The van der Waals surface area contributed by atoms with E-state index in [1.165, 1.54) is 23.1 Å². The zero-order chi connectivity index (χ0) is 14.8. The lowest BCUT2D eigenvalue weighted by Gasteiger charge is -2.29. The topological polar surface area (TPSA) is 56.6 Å². The number of halogens is 1. The summed E-state index contributed by atoms with van der Waals surface area (Å²) in [6.07, 6.45) is 0. The Morgan fingerprint density at radius 1 is 1.33 bits per heavy atom. The predicted molar refractivity (Wildman–Crippen MR) is 73.0 cm³/mol. The van der Waals surface area contributed by atoms with Gasteiger partial charge in [0.1, 0.15) is 11.9 Å². The molecule has 0 spiro atoms. The second-order valence-electron chi connectivity index (χ2n) is 5.22. The number of hydrogen-bond donors (Lipinski definition) is 0. The van der Waals surface area contributed by atoms with E-state index in [1.807, 2.05) is 0 Å². The van der Waals surface area contributed by atoms with Gasteiger partial charge in [-0.05, 0) is 18.2 Å². The van der Waals surface area contributed by atoms with Crippen LogP contribution in [-0.4, -0.2) is 55.1 Å². The quantitative estimate of drug-likeness (QED) is 0.838. The maximum atomic E-state index is 13.3. The van der Waals surface area contributed by atoms with Gasteiger partial charge in [0.15, 0.2) is 0 Å². The smallest absolute Gasteiger partial charge is 0.255 e. The summed E-state index contributed by atoms with van der Waals surface area (Å²) in [7, 11) is 0. The number of hydrogen-bond acceptors (Lipinski definition) is 4. The molecule has 2 heterocycles. The molecule has 0 radical (unpaired) electrons. The van der Waals surface area contributed by atoms with Crippen LogP contribution in [0.3, 0.4) is 0 Å². The molecule has 1 amide bonds. The average molecular weight is 289 g/mol. The Kier molecular flexibility index (Phi) is 3.86. The molecule has 6 heteroatoms. The third-order valence-corrected chi connectivity index (χ3v) is 3.99. The first-order valence-electron chi connectivity index (χ1n) is 7.01. The van der Waals surface area contributed by atoms with Crippen molar-refractivity contribution in [3.05, 3.63) is 35.1 Å². The Bertz CT molecular complexity index is 593. The summed E-state index contributed by atoms with van der Waals surface area (Å²) < 4.78 is 18.6. The molecule has 110 valence electrons. The Labute approximate surface area is 122 Å². The standard InChI is InChI=1S/C15H16FN3O2/c16-11-1-2-12-13(9-11)14(10-17)19(15(12)20)4-3-18-5-7-21-8-6-18/h1-2,9,14H,3-8H2. The Balaban J connectivity index is 1.74. The minimum absolute atomic E-state index is 0.190. The van der Waals surface area contributed by atoms with Gasteiger partial charge >= 0.3 is 0 Å². The van der Waals surface area contributed by atoms with E-state index in [0.29, 0.717) is 37.4 Å². The van der Waals surface area contributed by atoms with Crippen LogP contribution >= 0.6 is 0 Å². The molecular formula is C15H16FN3O2. The molecule has 1 atom stereocenters. The zero-order valence-corrected chi connectivity index (χ0v) is 11.6. The third kappa shape index (κ3) is 2.62. The summed E-state index contributed by atoms with van der Waals surface area (Å²) >= 11 is 0. The molecule has 1 fully saturated rings. The van der Waals surface area contributed by atoms with E-state index in [2.05, 4.69) is 11.0 Å². The number of rotatable bonds is 3. The number of morpholine rings is 1. The van der Waals surface area contributed by atoms with Crippen molar-refractivity contribution < 1.29 is 13.9 Å². The maximum absolute atomic E-state index is 13.3. The van der Waals surface area contributed by atoms with Gasteiger partial charge < -0.3 is 9.64 Å². The highest BCUT2D eigenvalue weighted by atomic mass is 19.1. The average Bonchev–Trinajstić information content (AvgIpc) is 2.77. The molecule has 0 aromatic heterocycles. The predicted octanol–water partition coefficient (Wildman–Crippen LogP) is 1.18. The molecule has 1 aromatic carbocycles. The highest BCUT2D eigenvalue weighted by molar-refractivity contribution is 5.99. The highest BCUT2D eigenvalue weighted by Crippen LogP contribution is 2.33. The summed E-state index contributed by atoms with van der Waals surface area (Å²) in [6.45, 7) is 4.22. The van der Waals surface area contributed by atoms with Crippen LogP contribution in [0, 0.1) is 17.1 Å². The van der Waals surface area contributed by atoms with Crippen molar-refractivity contribution in [2.45, 2.75) is 6.04 Å². The number of nitrogens with zero attached hydrogens (tertiary/aromatic N) is 3. The fourth-order valence-corrected chi connectivity index (χ4v) is 2.84. The molecule has 1 saturated heterocycles. The van der Waals surface area contributed by atoms with Crippen molar-refractivity contribution in [3.63, 3.8) is 0 Å². The van der Waals surface area contributed by atoms with Gasteiger partial charge in [-0.3, -0.25) is 9.69 Å². The minimum atomic E-state index is -0.691. The summed E-state index contributed by atoms with van der Waals surface area (Å²) in [5.74, 6) is -0.610. The Morgan fingerprint density at radius 3 is 2.81 bits per heavy atom. The lowest BCUT2D eigenvalue weighted by molar-refractivity contribution is 0.0320. The van der Waals surface area contributed by atoms with Gasteiger partial charge in [-0.1, -0.05) is 0 Å². The first-order valence-corrected chi connectivity index (χ1v) is 7.01. The van der Waals surface area contributed by atoms with E-state index >= 15 is 0 Å². The van der Waals surface area contributed by atoms with E-state index in [0.717, 1.165) is 13.1 Å². The lowest BCUT2D eigenvalue weighted by atomic mass is 10.1. The van der Waals surface area contributed by atoms with Crippen molar-refractivity contribution in [3.8, 4) is 6.07 Å². The van der Waals surface area contributed by atoms with Gasteiger partial charge in [0.05, 0.1) is 19.3 Å². The van der Waals surface area contributed by atoms with Gasteiger partial charge in [0.25, 0.3) is 5.91 Å². The number of fused-ring (bicyclic) bond motifs is 1. The number of carbonyl (C=O) groups is 1. The first-order chi connectivity index (χ1) is 10.2. The molecule has 2 aliphatic heterocycles. The number of nitriles is 1. The Morgan fingerprint density at radius 2 is 2.10 bits per heavy atom. The summed E-state index contributed by atoms with van der Waals surface area (Å²) in [5.41, 5.74) is 0.911. The van der Waals surface area contributed by atoms with Crippen LogP contribution in [0.4, 0.5) is 4.39 Å². The van der Waals surface area contributed by atoms with Crippen molar-refractivity contribution >= 4 is 5.91 Å². The monoisotopic (exact) mass is 289 g/mol. The van der Waals surface area contributed by atoms with Crippen LogP contribution in [0.15, 0.2) is 18.2 Å². The van der Waals surface area contributed by atoms with Gasteiger partial charge in [-0.25, -0.2) is 4.39 Å². The van der Waals surface area contributed by atoms with E-state index in [1.54, 1.807) is 0 Å². The second-order valence-corrected chi connectivity index (χ2v) is 5.22. The highest BCUT2D eigenvalue weighted by Gasteiger charge is 2.37. The molecule has 0 bridgehead atoms. The summed E-state index contributed by atoms with van der Waals surface area (Å²) in [5, 5.41) is 9.33. The minimum Gasteiger partial charge on any atom is -0.379 e. The molecule has 3 rings (SSSR count). The zero-order valence-electron chi connectivity index (χ0n) is 11.6. The van der Waals surface area contributed by atoms with Crippen molar-refractivity contribution in [2.24, 2.45) is 0 Å². The molecule has 1 unspecified atom stereocenters. The summed E-state index contributed by atoms with van der Waals surface area (Å²) in [4.78, 5) is 16.1. The van der Waals surface area contributed by atoms with Crippen LogP contribution in [-0.2, 0) is 4.74 Å². The summed E-state index contributed by atoms with van der Waals surface area (Å²) in [6, 6.07) is 5.43. The molecule has 21 heavy (non-hydrogen) atoms. The second kappa shape index (κ2) is 5.80. The molecule has 0 N–H and O–H groups in total. The van der Waals surface area contributed by atoms with E-state index in [-0.39, 0.29) is 5.91 Å². The fraction of sp³-hybridized carbons (Fsp3) is 0.467. The van der Waals surface area contributed by atoms with Crippen LogP contribution in [0.25, 0.3) is 0 Å². The number of benzene rings is 1. The van der Waals surface area contributed by atoms with Crippen LogP contribution < -0.4 is 0 Å². The number of ether oxygens (including phenoxy) is 1. The fourth-order valence-electron chi connectivity index (χ4n) is 2.84. The molecule has 0 saturated carbocycles. The third-order valence-electron chi connectivity index (χ3n) is 3.99. The normalized spacial score (nSPS) is 22.2. The molecule has 1 aromatic rings. The van der Waals surface area contributed by atoms with E-state index < -0.39 is 11.9 Å². The molecule has 5 nitrogen and oxygen atoms in total. The van der Waals surface area contributed by atoms with E-state index in [4.69, 9.17) is 4.74 Å². The molecular weight excluding hydrogens is 273 g/mol. The van der Waals surface area contributed by atoms with Crippen molar-refractivity contribution in [2.75, 3.05) is 39.4 Å². The number of carbonyl (C=O) groups excluding carboxylic acids is 1. The lowest BCUT2D eigenvalue weighted by Crippen LogP contribution is -2.42. The Hall–Kier alpha value is -1.97. The molecule has 2 aliphatic rings. The van der Waals surface area contributed by atoms with Crippen LogP contribution in [0.5, 0.6) is 0 Å². The van der Waals surface area contributed by atoms with E-state index in [9.17, 15) is 14.4 Å². The molecule has 0 aliphatic carbocycles. The van der Waals surface area contributed by atoms with Crippen LogP contribution in [0.1, 0.15) is 22.0 Å². The van der Waals surface area contributed by atoms with Gasteiger partial charge in [-0.2, -0.15) is 5.26 Å². The van der Waals surface area contributed by atoms with Crippen molar-refractivity contribution in [1.29, 1.82) is 5.26 Å². The largest absolute Gasteiger partial charge is 0.379 e. The van der Waals surface area contributed by atoms with Gasteiger partial charge in [0.2, 0.25) is 0 Å². The SMILES string of the molecule is N#CC1c2cc(F)ccc2C(=O)N1CCN1CCOCC1. The maximum Gasteiger partial charge on any atom is 0.255 e. The van der Waals surface area contributed by atoms with Crippen molar-refractivity contribution in [1.82, 2.24) is 9.80 Å².